The van der Waals surface area contributed by atoms with E-state index in [9.17, 15) is 4.79 Å². The van der Waals surface area contributed by atoms with E-state index in [1.54, 1.807) is 30.3 Å². The third-order valence-corrected chi connectivity index (χ3v) is 3.97. The van der Waals surface area contributed by atoms with Crippen LogP contribution in [-0.4, -0.2) is 18.9 Å². The Bertz CT molecular complexity index is 828. The summed E-state index contributed by atoms with van der Waals surface area (Å²) in [6.45, 7) is 2.43. The van der Waals surface area contributed by atoms with E-state index < -0.39 is 6.03 Å². The highest BCUT2D eigenvalue weighted by atomic mass is 35.5. The molecule has 0 atom stereocenters. The first-order valence-electron chi connectivity index (χ1n) is 7.52. The Labute approximate surface area is 165 Å². The van der Waals surface area contributed by atoms with Gasteiger partial charge in [0, 0.05) is 15.6 Å². The van der Waals surface area contributed by atoms with Crippen LogP contribution in [0.1, 0.15) is 18.1 Å². The van der Waals surface area contributed by atoms with Crippen LogP contribution in [0.2, 0.25) is 15.1 Å². The van der Waals surface area contributed by atoms with Gasteiger partial charge in [0.25, 0.3) is 0 Å². The van der Waals surface area contributed by atoms with Gasteiger partial charge in [-0.15, -0.1) is 0 Å². The van der Waals surface area contributed by atoms with Crippen molar-refractivity contribution in [2.45, 2.75) is 13.5 Å². The molecule has 0 saturated carbocycles. The molecule has 0 aliphatic carbocycles. The largest absolute Gasteiger partial charge is 0.490 e. The molecule has 0 aliphatic rings. The van der Waals surface area contributed by atoms with Crippen molar-refractivity contribution in [2.75, 3.05) is 6.61 Å². The molecule has 0 fully saturated rings. The van der Waals surface area contributed by atoms with E-state index in [1.165, 1.54) is 6.21 Å². The lowest BCUT2D eigenvalue weighted by molar-refractivity contribution is 0.249. The number of urea groups is 1. The number of nitrogens with one attached hydrogen (secondary N) is 1. The number of primary amides is 1. The van der Waals surface area contributed by atoms with E-state index in [-0.39, 0.29) is 6.61 Å². The quantitative estimate of drug-likeness (QED) is 0.510. The molecular formula is C17H16Cl3N3O3. The maximum absolute atomic E-state index is 10.7. The number of amides is 2. The summed E-state index contributed by atoms with van der Waals surface area (Å²) in [5, 5.41) is 5.05. The van der Waals surface area contributed by atoms with Gasteiger partial charge in [-0.25, -0.2) is 10.2 Å². The Morgan fingerprint density at radius 3 is 2.62 bits per heavy atom. The van der Waals surface area contributed by atoms with Crippen molar-refractivity contribution in [3.63, 3.8) is 0 Å². The average Bonchev–Trinajstić information content (AvgIpc) is 2.55. The number of rotatable bonds is 7. The van der Waals surface area contributed by atoms with E-state index in [1.807, 2.05) is 6.92 Å². The highest BCUT2D eigenvalue weighted by Gasteiger charge is 2.13. The van der Waals surface area contributed by atoms with Crippen LogP contribution in [0, 0.1) is 0 Å². The topological polar surface area (TPSA) is 85.9 Å². The maximum Gasteiger partial charge on any atom is 0.332 e. The summed E-state index contributed by atoms with van der Waals surface area (Å²) in [6, 6.07) is 7.67. The molecule has 0 unspecified atom stereocenters. The molecule has 6 nitrogen and oxygen atoms in total. The number of benzene rings is 2. The summed E-state index contributed by atoms with van der Waals surface area (Å²) in [4.78, 5) is 10.7. The molecule has 2 aromatic rings. The number of nitrogens with zero attached hydrogens (tertiary/aromatic N) is 1. The van der Waals surface area contributed by atoms with E-state index >= 15 is 0 Å². The molecule has 2 aromatic carbocycles. The Balaban J connectivity index is 2.23. The molecule has 0 aromatic heterocycles. The molecule has 0 spiro atoms. The Morgan fingerprint density at radius 2 is 1.96 bits per heavy atom. The van der Waals surface area contributed by atoms with Gasteiger partial charge in [0.05, 0.1) is 17.8 Å². The van der Waals surface area contributed by atoms with Crippen LogP contribution in [0.5, 0.6) is 11.5 Å². The molecule has 0 radical (unpaired) electrons. The van der Waals surface area contributed by atoms with Crippen LogP contribution >= 0.6 is 34.8 Å². The van der Waals surface area contributed by atoms with Crippen LogP contribution in [0.15, 0.2) is 35.4 Å². The number of ether oxygens (including phenoxy) is 2. The SMILES string of the molecule is CCOc1cc(/C=N/NC(N)=O)cc(Cl)c1OCc1ccc(Cl)cc1Cl. The van der Waals surface area contributed by atoms with Crippen molar-refractivity contribution in [3.05, 3.63) is 56.5 Å². The fourth-order valence-electron chi connectivity index (χ4n) is 2.02. The monoisotopic (exact) mass is 415 g/mol. The molecule has 0 aliphatic heterocycles. The van der Waals surface area contributed by atoms with Gasteiger partial charge in [-0.3, -0.25) is 0 Å². The maximum atomic E-state index is 10.7. The highest BCUT2D eigenvalue weighted by molar-refractivity contribution is 6.35. The summed E-state index contributed by atoms with van der Waals surface area (Å²) >= 11 is 18.4. The standard InChI is InChI=1S/C17H16Cl3N3O3/c1-2-25-15-6-10(8-22-23-17(21)24)5-14(20)16(15)26-9-11-3-4-12(18)7-13(11)19/h3-8H,2,9H2,1H3,(H3,21,23,24)/b22-8+. The van der Waals surface area contributed by atoms with Crippen LogP contribution in [0.4, 0.5) is 4.79 Å². The molecule has 0 heterocycles. The first kappa shape index (κ1) is 20.2. The fraction of sp³-hybridized carbons (Fsp3) is 0.176. The average molecular weight is 417 g/mol. The third kappa shape index (κ3) is 5.69. The number of hydrazone groups is 1. The second-order valence-electron chi connectivity index (χ2n) is 5.02. The molecule has 2 amide bonds. The highest BCUT2D eigenvalue weighted by Crippen LogP contribution is 2.37. The van der Waals surface area contributed by atoms with Crippen LogP contribution < -0.4 is 20.6 Å². The minimum atomic E-state index is -0.767. The summed E-state index contributed by atoms with van der Waals surface area (Å²) in [5.41, 5.74) is 8.41. The number of carbonyl (C=O) groups excluding carboxylic acids is 1. The number of hydrogen-bond donors (Lipinski definition) is 2. The zero-order valence-corrected chi connectivity index (χ0v) is 16.0. The van der Waals surface area contributed by atoms with Gasteiger partial charge in [0.15, 0.2) is 11.5 Å². The number of hydrogen-bond acceptors (Lipinski definition) is 4. The summed E-state index contributed by atoms with van der Waals surface area (Å²) < 4.78 is 11.4. The molecular weight excluding hydrogens is 401 g/mol. The summed E-state index contributed by atoms with van der Waals surface area (Å²) in [6.07, 6.45) is 1.39. The molecule has 26 heavy (non-hydrogen) atoms. The van der Waals surface area contributed by atoms with Gasteiger partial charge in [-0.2, -0.15) is 5.10 Å². The number of nitrogens with two attached hydrogens (primary N) is 1. The molecule has 0 saturated heterocycles. The van der Waals surface area contributed by atoms with Crippen molar-refractivity contribution in [1.29, 1.82) is 0 Å². The Kier molecular flexibility index (Phi) is 7.38. The lowest BCUT2D eigenvalue weighted by Gasteiger charge is -2.15. The zero-order valence-electron chi connectivity index (χ0n) is 13.8. The van der Waals surface area contributed by atoms with Gasteiger partial charge in [0.2, 0.25) is 0 Å². The van der Waals surface area contributed by atoms with Gasteiger partial charge in [-0.1, -0.05) is 40.9 Å². The van der Waals surface area contributed by atoms with Crippen LogP contribution in [0.3, 0.4) is 0 Å². The van der Waals surface area contributed by atoms with Crippen LogP contribution in [0.25, 0.3) is 0 Å². The van der Waals surface area contributed by atoms with Crippen LogP contribution in [-0.2, 0) is 6.61 Å². The lowest BCUT2D eigenvalue weighted by Crippen LogP contribution is -2.24. The molecule has 9 heteroatoms. The first-order valence-corrected chi connectivity index (χ1v) is 8.65. The van der Waals surface area contributed by atoms with Crippen molar-refractivity contribution >= 4 is 47.0 Å². The fourth-order valence-corrected chi connectivity index (χ4v) is 2.76. The summed E-state index contributed by atoms with van der Waals surface area (Å²) in [7, 11) is 0. The van der Waals surface area contributed by atoms with Crippen molar-refractivity contribution < 1.29 is 14.3 Å². The van der Waals surface area contributed by atoms with E-state index in [0.29, 0.717) is 38.7 Å². The van der Waals surface area contributed by atoms with Crippen molar-refractivity contribution in [3.8, 4) is 11.5 Å². The number of carbonyl (C=O) groups is 1. The molecule has 0 bridgehead atoms. The lowest BCUT2D eigenvalue weighted by atomic mass is 10.2. The second kappa shape index (κ2) is 9.52. The smallest absolute Gasteiger partial charge is 0.332 e. The minimum absolute atomic E-state index is 0.187. The van der Waals surface area contributed by atoms with Crippen molar-refractivity contribution in [1.82, 2.24) is 5.43 Å². The molecule has 138 valence electrons. The Hall–Kier alpha value is -2.15. The third-order valence-electron chi connectivity index (χ3n) is 3.11. The van der Waals surface area contributed by atoms with Gasteiger partial charge >= 0.3 is 6.03 Å². The Morgan fingerprint density at radius 1 is 1.19 bits per heavy atom. The minimum Gasteiger partial charge on any atom is -0.490 e. The second-order valence-corrected chi connectivity index (χ2v) is 6.27. The molecule has 3 N–H and O–H groups in total. The predicted octanol–water partition coefficient (Wildman–Crippen LogP) is 4.63. The van der Waals surface area contributed by atoms with E-state index in [2.05, 4.69) is 10.5 Å². The van der Waals surface area contributed by atoms with E-state index in [0.717, 1.165) is 5.56 Å². The van der Waals surface area contributed by atoms with Gasteiger partial charge < -0.3 is 15.2 Å². The first-order chi connectivity index (χ1) is 12.4. The summed E-state index contributed by atoms with van der Waals surface area (Å²) in [5.74, 6) is 0.810. The molecule has 2 rings (SSSR count). The van der Waals surface area contributed by atoms with E-state index in [4.69, 9.17) is 50.0 Å². The number of halogens is 3. The van der Waals surface area contributed by atoms with Gasteiger partial charge in [-0.05, 0) is 36.8 Å². The van der Waals surface area contributed by atoms with Crippen molar-refractivity contribution in [2.24, 2.45) is 10.8 Å². The predicted molar refractivity (Wildman–Crippen MR) is 104 cm³/mol. The normalized spacial score (nSPS) is 10.8. The van der Waals surface area contributed by atoms with Gasteiger partial charge in [0.1, 0.15) is 6.61 Å². The zero-order chi connectivity index (χ0) is 19.1.